The van der Waals surface area contributed by atoms with Crippen molar-refractivity contribution in [3.8, 4) is 5.75 Å². The molecular formula is C10H10Cl2O2. The molecule has 1 aromatic rings. The van der Waals surface area contributed by atoms with Gasteiger partial charge in [0.05, 0.1) is 22.2 Å². The monoisotopic (exact) mass is 232 g/mol. The minimum Gasteiger partial charge on any atom is -0.493 e. The van der Waals surface area contributed by atoms with E-state index in [4.69, 9.17) is 27.9 Å². The van der Waals surface area contributed by atoms with Crippen molar-refractivity contribution in [1.29, 1.82) is 0 Å². The van der Waals surface area contributed by atoms with Crippen LogP contribution in [0, 0.1) is 0 Å². The van der Waals surface area contributed by atoms with Crippen molar-refractivity contribution in [3.05, 3.63) is 27.7 Å². The van der Waals surface area contributed by atoms with Crippen molar-refractivity contribution in [3.63, 3.8) is 0 Å². The molecule has 4 heteroatoms. The van der Waals surface area contributed by atoms with E-state index in [0.29, 0.717) is 28.0 Å². The molecule has 0 saturated heterocycles. The van der Waals surface area contributed by atoms with E-state index in [1.165, 1.54) is 13.0 Å². The fourth-order valence-electron chi connectivity index (χ4n) is 1.08. The maximum Gasteiger partial charge on any atom is 0.163 e. The molecule has 2 nitrogen and oxygen atoms in total. The summed E-state index contributed by atoms with van der Waals surface area (Å²) < 4.78 is 5.27. The molecule has 0 aliphatic carbocycles. The summed E-state index contributed by atoms with van der Waals surface area (Å²) in [6.07, 6.45) is 0. The number of carbonyl (C=O) groups is 1. The predicted molar refractivity (Wildman–Crippen MR) is 57.6 cm³/mol. The summed E-state index contributed by atoms with van der Waals surface area (Å²) in [6.45, 7) is 3.78. The molecule has 1 aromatic carbocycles. The topological polar surface area (TPSA) is 26.3 Å². The van der Waals surface area contributed by atoms with E-state index >= 15 is 0 Å². The molecule has 0 saturated carbocycles. The average molecular weight is 233 g/mol. The van der Waals surface area contributed by atoms with Gasteiger partial charge >= 0.3 is 0 Å². The Morgan fingerprint density at radius 1 is 1.36 bits per heavy atom. The van der Waals surface area contributed by atoms with E-state index in [9.17, 15) is 4.79 Å². The number of rotatable bonds is 3. The molecule has 0 bridgehead atoms. The lowest BCUT2D eigenvalue weighted by Crippen LogP contribution is -2.00. The molecule has 0 atom stereocenters. The fourth-order valence-corrected chi connectivity index (χ4v) is 1.40. The smallest absolute Gasteiger partial charge is 0.163 e. The highest BCUT2D eigenvalue weighted by atomic mass is 35.5. The Hall–Kier alpha value is -0.730. The van der Waals surface area contributed by atoms with Crippen LogP contribution in [0.25, 0.3) is 0 Å². The zero-order valence-corrected chi connectivity index (χ0v) is 9.45. The van der Waals surface area contributed by atoms with Gasteiger partial charge in [0.1, 0.15) is 5.75 Å². The Balaban J connectivity index is 3.24. The average Bonchev–Trinajstić information content (AvgIpc) is 2.11. The molecule has 0 heterocycles. The normalized spacial score (nSPS) is 10.0. The first-order valence-corrected chi connectivity index (χ1v) is 4.94. The van der Waals surface area contributed by atoms with Crippen molar-refractivity contribution >= 4 is 29.0 Å². The summed E-state index contributed by atoms with van der Waals surface area (Å²) in [5.74, 6) is 0.390. The van der Waals surface area contributed by atoms with E-state index in [-0.39, 0.29) is 5.78 Å². The van der Waals surface area contributed by atoms with E-state index in [2.05, 4.69) is 0 Å². The van der Waals surface area contributed by atoms with Crippen LogP contribution < -0.4 is 4.74 Å². The van der Waals surface area contributed by atoms with Crippen molar-refractivity contribution in [2.45, 2.75) is 13.8 Å². The van der Waals surface area contributed by atoms with E-state index in [0.717, 1.165) is 0 Å². The largest absolute Gasteiger partial charge is 0.493 e. The second-order valence-corrected chi connectivity index (χ2v) is 3.57. The van der Waals surface area contributed by atoms with Gasteiger partial charge in [-0.2, -0.15) is 0 Å². The molecule has 76 valence electrons. The number of Topliss-reactive ketones (excluding diaryl/α,β-unsaturated/α-hetero) is 1. The third-order valence-electron chi connectivity index (χ3n) is 1.70. The van der Waals surface area contributed by atoms with Crippen LogP contribution in [-0.4, -0.2) is 12.4 Å². The highest BCUT2D eigenvalue weighted by Gasteiger charge is 2.11. The van der Waals surface area contributed by atoms with Gasteiger partial charge in [0.2, 0.25) is 0 Å². The van der Waals surface area contributed by atoms with E-state index in [1.54, 1.807) is 6.07 Å². The molecule has 0 unspecified atom stereocenters. The highest BCUT2D eigenvalue weighted by molar-refractivity contribution is 6.42. The Bertz CT molecular complexity index is 361. The maximum absolute atomic E-state index is 11.2. The molecule has 1 rings (SSSR count). The summed E-state index contributed by atoms with van der Waals surface area (Å²) in [5, 5.41) is 0.750. The first kappa shape index (κ1) is 11.3. The number of ether oxygens (including phenoxy) is 1. The Kier molecular flexibility index (Phi) is 3.78. The van der Waals surface area contributed by atoms with Crippen LogP contribution in [0.4, 0.5) is 0 Å². The van der Waals surface area contributed by atoms with Crippen molar-refractivity contribution in [2.75, 3.05) is 6.61 Å². The quantitative estimate of drug-likeness (QED) is 0.745. The van der Waals surface area contributed by atoms with E-state index in [1.807, 2.05) is 6.92 Å². The van der Waals surface area contributed by atoms with Gasteiger partial charge in [-0.05, 0) is 19.9 Å². The molecule has 0 aliphatic heterocycles. The third kappa shape index (κ3) is 2.40. The molecule has 0 amide bonds. The summed E-state index contributed by atoms with van der Waals surface area (Å²) in [4.78, 5) is 11.2. The summed E-state index contributed by atoms with van der Waals surface area (Å²) in [5.41, 5.74) is 0.459. The molecule has 14 heavy (non-hydrogen) atoms. The van der Waals surface area contributed by atoms with Crippen LogP contribution in [0.2, 0.25) is 10.0 Å². The number of hydrogen-bond acceptors (Lipinski definition) is 2. The van der Waals surface area contributed by atoms with Gasteiger partial charge in [-0.3, -0.25) is 4.79 Å². The molecular weight excluding hydrogens is 223 g/mol. The Morgan fingerprint density at radius 2 is 1.93 bits per heavy atom. The lowest BCUT2D eigenvalue weighted by Gasteiger charge is -2.09. The van der Waals surface area contributed by atoms with Gasteiger partial charge in [-0.15, -0.1) is 0 Å². The summed E-state index contributed by atoms with van der Waals surface area (Å²) >= 11 is 11.6. The van der Waals surface area contributed by atoms with Gasteiger partial charge in [0.25, 0.3) is 0 Å². The fraction of sp³-hybridized carbons (Fsp3) is 0.300. The molecule has 0 radical (unpaired) electrons. The molecule has 0 aromatic heterocycles. The van der Waals surface area contributed by atoms with Crippen molar-refractivity contribution in [2.24, 2.45) is 0 Å². The number of halogens is 2. The minimum absolute atomic E-state index is 0.0907. The lowest BCUT2D eigenvalue weighted by molar-refractivity contribution is 0.101. The number of benzene rings is 1. The minimum atomic E-state index is -0.0907. The highest BCUT2D eigenvalue weighted by Crippen LogP contribution is 2.30. The predicted octanol–water partition coefficient (Wildman–Crippen LogP) is 3.59. The van der Waals surface area contributed by atoms with Gasteiger partial charge in [-0.1, -0.05) is 23.2 Å². The van der Waals surface area contributed by atoms with Crippen molar-refractivity contribution < 1.29 is 9.53 Å². The standard InChI is InChI=1S/C10H10Cl2O2/c1-3-14-10-5-9(12)8(11)4-7(10)6(2)13/h4-5H,3H2,1-2H3. The van der Waals surface area contributed by atoms with Crippen LogP contribution in [0.1, 0.15) is 24.2 Å². The van der Waals surface area contributed by atoms with Crippen LogP contribution in [0.3, 0.4) is 0 Å². The van der Waals surface area contributed by atoms with Crippen molar-refractivity contribution in [1.82, 2.24) is 0 Å². The second kappa shape index (κ2) is 4.67. The van der Waals surface area contributed by atoms with Gasteiger partial charge < -0.3 is 4.74 Å². The molecule has 0 fully saturated rings. The van der Waals surface area contributed by atoms with Gasteiger partial charge in [-0.25, -0.2) is 0 Å². The number of carbonyl (C=O) groups excluding carboxylic acids is 1. The summed E-state index contributed by atoms with van der Waals surface area (Å²) in [6, 6.07) is 3.08. The third-order valence-corrected chi connectivity index (χ3v) is 2.42. The lowest BCUT2D eigenvalue weighted by atomic mass is 10.1. The van der Waals surface area contributed by atoms with Crippen LogP contribution in [0.5, 0.6) is 5.75 Å². The molecule has 0 N–H and O–H groups in total. The maximum atomic E-state index is 11.2. The first-order chi connectivity index (χ1) is 6.56. The van der Waals surface area contributed by atoms with Gasteiger partial charge in [0, 0.05) is 6.07 Å². The van der Waals surface area contributed by atoms with Crippen LogP contribution in [-0.2, 0) is 0 Å². The zero-order valence-electron chi connectivity index (χ0n) is 7.93. The van der Waals surface area contributed by atoms with Crippen LogP contribution in [0.15, 0.2) is 12.1 Å². The van der Waals surface area contributed by atoms with E-state index < -0.39 is 0 Å². The second-order valence-electron chi connectivity index (χ2n) is 2.75. The molecule has 0 aliphatic rings. The summed E-state index contributed by atoms with van der Waals surface area (Å²) in [7, 11) is 0. The Labute approximate surface area is 92.8 Å². The first-order valence-electron chi connectivity index (χ1n) is 4.19. The van der Waals surface area contributed by atoms with Gasteiger partial charge in [0.15, 0.2) is 5.78 Å². The number of hydrogen-bond donors (Lipinski definition) is 0. The van der Waals surface area contributed by atoms with Crippen LogP contribution >= 0.6 is 23.2 Å². The Morgan fingerprint density at radius 3 is 2.43 bits per heavy atom. The molecule has 0 spiro atoms. The SMILES string of the molecule is CCOc1cc(Cl)c(Cl)cc1C(C)=O. The zero-order chi connectivity index (χ0) is 10.7. The number of ketones is 1.